The number of fused-ring (bicyclic) bond motifs is 11. The molecule has 0 fully saturated rings. The highest BCUT2D eigenvalue weighted by Gasteiger charge is 2.49. The largest absolute Gasteiger partial charge is 0.455 e. The fraction of sp³-hybridized carbons (Fsp3) is 0.0278. The average Bonchev–Trinajstić information content (AvgIpc) is 4.20. The van der Waals surface area contributed by atoms with E-state index in [0.717, 1.165) is 60.9 Å². The molecular weight excluding hydrogens is 895 g/mol. The van der Waals surface area contributed by atoms with E-state index in [1.165, 1.54) is 66.8 Å². The molecule has 2 nitrogen and oxygen atoms in total. The molecular formula is C72H47NO. The molecule has 2 aliphatic carbocycles. The highest BCUT2D eigenvalue weighted by atomic mass is 16.3. The van der Waals surface area contributed by atoms with E-state index in [0.29, 0.717) is 0 Å². The van der Waals surface area contributed by atoms with Crippen molar-refractivity contribution in [1.82, 2.24) is 0 Å². The molecule has 0 aliphatic heterocycles. The maximum Gasteiger partial charge on any atom is 0.143 e. The molecule has 2 heteroatoms. The topological polar surface area (TPSA) is 16.4 Å². The number of rotatable bonds is 8. The zero-order valence-electron chi connectivity index (χ0n) is 40.5. The predicted octanol–water partition coefficient (Wildman–Crippen LogP) is 18.6. The summed E-state index contributed by atoms with van der Waals surface area (Å²) in [5, 5.41) is 4.48. The molecule has 2 aliphatic rings. The molecule has 74 heavy (non-hydrogen) atoms. The summed E-state index contributed by atoms with van der Waals surface area (Å²) in [7, 11) is 0. The number of nitrogens with zero attached hydrogens (tertiary/aromatic N) is 1. The number of hydrogen-bond donors (Lipinski definition) is 0. The number of para-hydroxylation sites is 2. The van der Waals surface area contributed by atoms with Crippen LogP contribution in [0.1, 0.15) is 44.5 Å². The van der Waals surface area contributed by atoms with Gasteiger partial charge >= 0.3 is 0 Å². The van der Waals surface area contributed by atoms with Crippen LogP contribution in [0.25, 0.3) is 66.1 Å². The molecule has 13 aromatic rings. The third kappa shape index (κ3) is 5.88. The Morgan fingerprint density at radius 3 is 1.41 bits per heavy atom. The lowest BCUT2D eigenvalue weighted by atomic mass is 9.67. The van der Waals surface area contributed by atoms with Gasteiger partial charge in [0.05, 0.1) is 22.2 Å². The van der Waals surface area contributed by atoms with E-state index in [1.807, 2.05) is 0 Å². The number of furan rings is 1. The van der Waals surface area contributed by atoms with Crippen molar-refractivity contribution in [2.75, 3.05) is 4.90 Å². The van der Waals surface area contributed by atoms with E-state index in [4.69, 9.17) is 4.42 Å². The van der Waals surface area contributed by atoms with Crippen LogP contribution in [0.3, 0.4) is 0 Å². The van der Waals surface area contributed by atoms with Crippen LogP contribution in [0.4, 0.5) is 17.1 Å². The van der Waals surface area contributed by atoms with E-state index < -0.39 is 10.8 Å². The van der Waals surface area contributed by atoms with Crippen LogP contribution in [-0.2, 0) is 10.8 Å². The second-order valence-corrected chi connectivity index (χ2v) is 19.8. The van der Waals surface area contributed by atoms with Gasteiger partial charge < -0.3 is 9.32 Å². The van der Waals surface area contributed by atoms with Gasteiger partial charge in [-0.2, -0.15) is 0 Å². The van der Waals surface area contributed by atoms with E-state index in [-0.39, 0.29) is 0 Å². The molecule has 0 spiro atoms. The van der Waals surface area contributed by atoms with Crippen molar-refractivity contribution in [1.29, 1.82) is 0 Å². The molecule has 346 valence electrons. The Balaban J connectivity index is 1.06. The monoisotopic (exact) mass is 941 g/mol. The maximum absolute atomic E-state index is 7.15. The Morgan fingerprint density at radius 2 is 0.730 bits per heavy atom. The van der Waals surface area contributed by atoms with Crippen molar-refractivity contribution >= 4 is 49.8 Å². The van der Waals surface area contributed by atoms with Crippen LogP contribution < -0.4 is 4.90 Å². The normalized spacial score (nSPS) is 13.6. The standard InChI is InChI=1S/C72H47NO/c1-5-24-49(25-6-1)71(50-26-7-2-8-27-50)63-39-19-16-35-61(63)68-64(71)40-22-42-67(68)73(66-41-20-17-34-57(66)58-36-21-37-59-60-45-43-48-23-13-14-32-54(48)69(60)74-70(58)59)53-44-46-56-55-33-15-18-38-62(55)72(65(56)47-53,51-28-9-3-10-29-51)52-30-11-4-12-31-52/h1-47H. The summed E-state index contributed by atoms with van der Waals surface area (Å²) < 4.78 is 7.15. The molecule has 0 saturated heterocycles. The zero-order chi connectivity index (χ0) is 48.8. The lowest BCUT2D eigenvalue weighted by Gasteiger charge is -2.36. The third-order valence-electron chi connectivity index (χ3n) is 16.2. The summed E-state index contributed by atoms with van der Waals surface area (Å²) in [4.78, 5) is 2.55. The molecule has 1 aromatic heterocycles. The Kier molecular flexibility index (Phi) is 9.43. The van der Waals surface area contributed by atoms with Gasteiger partial charge in [0.1, 0.15) is 11.2 Å². The van der Waals surface area contributed by atoms with Gasteiger partial charge in [-0.1, -0.05) is 255 Å². The third-order valence-corrected chi connectivity index (χ3v) is 16.2. The average molecular weight is 942 g/mol. The summed E-state index contributed by atoms with van der Waals surface area (Å²) in [6.45, 7) is 0. The molecule has 0 atom stereocenters. The van der Waals surface area contributed by atoms with Gasteiger partial charge in [0, 0.05) is 38.5 Å². The molecule has 1 heterocycles. The SMILES string of the molecule is c1ccc(C2(c3ccccc3)c3ccccc3-c3ccc(N(c4ccccc4-c4cccc5c4oc4c6ccccc6ccc54)c4cccc5c4-c4ccccc4C5(c4ccccc4)c4ccccc4)cc32)cc1. The highest BCUT2D eigenvalue weighted by molar-refractivity contribution is 6.18. The molecule has 0 saturated carbocycles. The Morgan fingerprint density at radius 1 is 0.270 bits per heavy atom. The fourth-order valence-corrected chi connectivity index (χ4v) is 13.3. The molecule has 15 rings (SSSR count). The lowest BCUT2D eigenvalue weighted by molar-refractivity contribution is 0.674. The minimum Gasteiger partial charge on any atom is -0.455 e. The van der Waals surface area contributed by atoms with E-state index in [1.54, 1.807) is 0 Å². The van der Waals surface area contributed by atoms with Gasteiger partial charge in [-0.05, 0) is 96.9 Å². The van der Waals surface area contributed by atoms with E-state index in [2.05, 4.69) is 290 Å². The maximum atomic E-state index is 7.15. The summed E-state index contributed by atoms with van der Waals surface area (Å²) in [6, 6.07) is 105. The molecule has 0 N–H and O–H groups in total. The number of benzene rings is 12. The van der Waals surface area contributed by atoms with Gasteiger partial charge in [0.15, 0.2) is 0 Å². The minimum absolute atomic E-state index is 0.590. The Labute approximate surface area is 430 Å². The van der Waals surface area contributed by atoms with Gasteiger partial charge in [-0.25, -0.2) is 0 Å². The van der Waals surface area contributed by atoms with Crippen molar-refractivity contribution in [2.24, 2.45) is 0 Å². The van der Waals surface area contributed by atoms with Crippen LogP contribution in [-0.4, -0.2) is 0 Å². The summed E-state index contributed by atoms with van der Waals surface area (Å²) in [5.74, 6) is 0. The Bertz CT molecular complexity index is 4230. The van der Waals surface area contributed by atoms with Crippen molar-refractivity contribution in [3.8, 4) is 33.4 Å². The molecule has 0 radical (unpaired) electrons. The van der Waals surface area contributed by atoms with Crippen molar-refractivity contribution in [3.05, 3.63) is 330 Å². The first-order valence-corrected chi connectivity index (χ1v) is 25.7. The second kappa shape index (κ2) is 16.5. The predicted molar refractivity (Wildman–Crippen MR) is 306 cm³/mol. The van der Waals surface area contributed by atoms with E-state index >= 15 is 0 Å². The lowest BCUT2D eigenvalue weighted by Crippen LogP contribution is -2.29. The number of hydrogen-bond acceptors (Lipinski definition) is 2. The van der Waals surface area contributed by atoms with Gasteiger partial charge in [0.25, 0.3) is 0 Å². The molecule has 0 unspecified atom stereocenters. The second-order valence-electron chi connectivity index (χ2n) is 19.8. The van der Waals surface area contributed by atoms with Crippen molar-refractivity contribution in [3.63, 3.8) is 0 Å². The van der Waals surface area contributed by atoms with Crippen LogP contribution in [0.15, 0.2) is 290 Å². The van der Waals surface area contributed by atoms with E-state index in [9.17, 15) is 0 Å². The van der Waals surface area contributed by atoms with Crippen molar-refractivity contribution < 1.29 is 4.42 Å². The van der Waals surface area contributed by atoms with Gasteiger partial charge in [-0.15, -0.1) is 0 Å². The van der Waals surface area contributed by atoms with Gasteiger partial charge in [0.2, 0.25) is 0 Å². The van der Waals surface area contributed by atoms with Crippen LogP contribution in [0, 0.1) is 0 Å². The molecule has 12 aromatic carbocycles. The first-order valence-electron chi connectivity index (χ1n) is 25.7. The minimum atomic E-state index is -0.598. The highest BCUT2D eigenvalue weighted by Crippen LogP contribution is 2.62. The van der Waals surface area contributed by atoms with Crippen LogP contribution in [0.5, 0.6) is 0 Å². The quantitative estimate of drug-likeness (QED) is 0.151. The fourth-order valence-electron chi connectivity index (χ4n) is 13.3. The Hall–Kier alpha value is -9.50. The summed E-state index contributed by atoms with van der Waals surface area (Å²) in [6.07, 6.45) is 0. The zero-order valence-corrected chi connectivity index (χ0v) is 40.5. The smallest absolute Gasteiger partial charge is 0.143 e. The summed E-state index contributed by atoms with van der Waals surface area (Å²) >= 11 is 0. The summed E-state index contributed by atoms with van der Waals surface area (Å²) in [5.41, 5.74) is 20.8. The van der Waals surface area contributed by atoms with Crippen LogP contribution in [0.2, 0.25) is 0 Å². The number of anilines is 3. The molecule has 0 bridgehead atoms. The first-order chi connectivity index (χ1) is 36.7. The van der Waals surface area contributed by atoms with Crippen molar-refractivity contribution in [2.45, 2.75) is 10.8 Å². The van der Waals surface area contributed by atoms with Gasteiger partial charge in [-0.3, -0.25) is 0 Å². The van der Waals surface area contributed by atoms with Crippen LogP contribution >= 0.6 is 0 Å². The first kappa shape index (κ1) is 42.2. The molecule has 0 amide bonds.